The molecule has 0 spiro atoms. The molecular formula is C13H21N3O3S. The molecule has 0 unspecified atom stereocenters. The lowest BCUT2D eigenvalue weighted by Crippen LogP contribution is -2.42. The number of rotatable bonds is 6. The molecule has 0 saturated carbocycles. The highest BCUT2D eigenvalue weighted by Crippen LogP contribution is 2.19. The molecule has 1 amide bonds. The van der Waals surface area contributed by atoms with Gasteiger partial charge in [-0.15, -0.1) is 11.8 Å². The van der Waals surface area contributed by atoms with E-state index in [1.807, 2.05) is 13.8 Å². The highest BCUT2D eigenvalue weighted by Gasteiger charge is 2.24. The van der Waals surface area contributed by atoms with Gasteiger partial charge < -0.3 is 15.4 Å². The first-order chi connectivity index (χ1) is 9.36. The third kappa shape index (κ3) is 3.83. The fourth-order valence-electron chi connectivity index (χ4n) is 1.81. The third-order valence-corrected chi connectivity index (χ3v) is 4.08. The zero-order valence-electron chi connectivity index (χ0n) is 12.2. The van der Waals surface area contributed by atoms with Crippen LogP contribution >= 0.6 is 11.8 Å². The molecule has 0 saturated heterocycles. The number of aliphatic hydroxyl groups is 1. The van der Waals surface area contributed by atoms with Crippen LogP contribution in [0.15, 0.2) is 9.82 Å². The second-order valence-corrected chi connectivity index (χ2v) is 5.46. The van der Waals surface area contributed by atoms with Crippen molar-refractivity contribution < 1.29 is 9.90 Å². The first-order valence-corrected chi connectivity index (χ1v) is 7.74. The molecule has 0 bridgehead atoms. The van der Waals surface area contributed by atoms with Crippen molar-refractivity contribution in [1.82, 2.24) is 15.3 Å². The topological polar surface area (TPSA) is 95.1 Å². The summed E-state index contributed by atoms with van der Waals surface area (Å²) in [6.07, 6.45) is 2.87. The van der Waals surface area contributed by atoms with Gasteiger partial charge in [0.05, 0.1) is 11.2 Å². The summed E-state index contributed by atoms with van der Waals surface area (Å²) in [4.78, 5) is 29.8. The van der Waals surface area contributed by atoms with Crippen molar-refractivity contribution in [3.63, 3.8) is 0 Å². The van der Waals surface area contributed by atoms with Gasteiger partial charge in [-0.2, -0.15) is 4.98 Å². The van der Waals surface area contributed by atoms with Crippen LogP contribution < -0.4 is 11.0 Å². The molecule has 1 aromatic rings. The van der Waals surface area contributed by atoms with Crippen LogP contribution in [0.5, 0.6) is 0 Å². The quantitative estimate of drug-likeness (QED) is 0.540. The molecule has 0 aliphatic carbocycles. The van der Waals surface area contributed by atoms with Gasteiger partial charge in [0.1, 0.15) is 5.03 Å². The van der Waals surface area contributed by atoms with E-state index in [4.69, 9.17) is 0 Å². The van der Waals surface area contributed by atoms with E-state index >= 15 is 0 Å². The minimum absolute atomic E-state index is 0.172. The maximum atomic E-state index is 12.2. The zero-order chi connectivity index (χ0) is 15.3. The summed E-state index contributed by atoms with van der Waals surface area (Å²) >= 11 is 1.24. The number of aromatic amines is 1. The van der Waals surface area contributed by atoms with Gasteiger partial charge in [0, 0.05) is 12.2 Å². The van der Waals surface area contributed by atoms with E-state index in [1.54, 1.807) is 13.2 Å². The third-order valence-electron chi connectivity index (χ3n) is 3.40. The van der Waals surface area contributed by atoms with Crippen LogP contribution in [0.25, 0.3) is 0 Å². The molecule has 0 atom stereocenters. The van der Waals surface area contributed by atoms with E-state index in [9.17, 15) is 14.7 Å². The fourth-order valence-corrected chi connectivity index (χ4v) is 2.43. The molecule has 0 aromatic carbocycles. The Kier molecular flexibility index (Phi) is 5.76. The number of carbonyl (C=O) groups excluding carboxylic acids is 1. The molecule has 0 radical (unpaired) electrons. The lowest BCUT2D eigenvalue weighted by molar-refractivity contribution is 0.0313. The van der Waals surface area contributed by atoms with Crippen molar-refractivity contribution in [2.45, 2.75) is 44.2 Å². The lowest BCUT2D eigenvalue weighted by Gasteiger charge is -2.25. The summed E-state index contributed by atoms with van der Waals surface area (Å²) in [6, 6.07) is 0. The largest absolute Gasteiger partial charge is 0.388 e. The Morgan fingerprint density at radius 3 is 2.55 bits per heavy atom. The summed E-state index contributed by atoms with van der Waals surface area (Å²) in [7, 11) is 0. The number of aryl methyl sites for hydroxylation is 1. The minimum atomic E-state index is -0.904. The Morgan fingerprint density at radius 1 is 1.45 bits per heavy atom. The first kappa shape index (κ1) is 16.7. The van der Waals surface area contributed by atoms with Gasteiger partial charge in [-0.05, 0) is 26.0 Å². The predicted molar refractivity (Wildman–Crippen MR) is 79.2 cm³/mol. The molecule has 1 rings (SSSR count). The summed E-state index contributed by atoms with van der Waals surface area (Å²) in [5.41, 5.74) is -0.546. The van der Waals surface area contributed by atoms with Crippen LogP contribution in [0, 0.1) is 6.92 Å². The summed E-state index contributed by atoms with van der Waals surface area (Å²) in [6.45, 7) is 5.57. The van der Waals surface area contributed by atoms with Crippen LogP contribution in [0.3, 0.4) is 0 Å². The highest BCUT2D eigenvalue weighted by atomic mass is 32.2. The van der Waals surface area contributed by atoms with E-state index < -0.39 is 11.3 Å². The van der Waals surface area contributed by atoms with Crippen molar-refractivity contribution in [2.75, 3.05) is 12.8 Å². The van der Waals surface area contributed by atoms with Crippen molar-refractivity contribution in [3.8, 4) is 0 Å². The maximum Gasteiger partial charge on any atom is 0.346 e. The van der Waals surface area contributed by atoms with Crippen molar-refractivity contribution >= 4 is 17.7 Å². The van der Waals surface area contributed by atoms with Crippen LogP contribution in [-0.4, -0.2) is 39.4 Å². The van der Waals surface area contributed by atoms with Crippen LogP contribution in [0.4, 0.5) is 0 Å². The number of amides is 1. The normalized spacial score (nSPS) is 11.4. The molecule has 112 valence electrons. The van der Waals surface area contributed by atoms with Gasteiger partial charge in [-0.25, -0.2) is 4.79 Å². The van der Waals surface area contributed by atoms with Gasteiger partial charge in [-0.3, -0.25) is 4.79 Å². The number of aromatic nitrogens is 2. The molecule has 0 aliphatic heterocycles. The van der Waals surface area contributed by atoms with Gasteiger partial charge in [0.25, 0.3) is 5.91 Å². The Labute approximate surface area is 122 Å². The van der Waals surface area contributed by atoms with Crippen molar-refractivity contribution in [2.24, 2.45) is 0 Å². The van der Waals surface area contributed by atoms with Crippen molar-refractivity contribution in [3.05, 3.63) is 21.7 Å². The molecule has 20 heavy (non-hydrogen) atoms. The molecular weight excluding hydrogens is 278 g/mol. The molecule has 0 aliphatic rings. The SMILES string of the molecule is CCC(O)(CC)CNC(=O)c1c(SC)nc(=O)[nH]c1C. The van der Waals surface area contributed by atoms with E-state index in [2.05, 4.69) is 15.3 Å². The smallest absolute Gasteiger partial charge is 0.346 e. The zero-order valence-corrected chi connectivity index (χ0v) is 13.1. The summed E-state index contributed by atoms with van der Waals surface area (Å²) in [5.74, 6) is -0.337. The Hall–Kier alpha value is -1.34. The molecule has 7 heteroatoms. The van der Waals surface area contributed by atoms with Gasteiger partial charge >= 0.3 is 5.69 Å². The Balaban J connectivity index is 2.96. The molecule has 6 nitrogen and oxygen atoms in total. The first-order valence-electron chi connectivity index (χ1n) is 6.52. The number of H-pyrrole nitrogens is 1. The van der Waals surface area contributed by atoms with Gasteiger partial charge in [-0.1, -0.05) is 13.8 Å². The number of carbonyl (C=O) groups is 1. The standard InChI is InChI=1S/C13H21N3O3S/c1-5-13(19,6-2)7-14-10(17)9-8(3)15-12(18)16-11(9)20-4/h19H,5-7H2,1-4H3,(H,14,17)(H,15,16,18). The second-order valence-electron chi connectivity index (χ2n) is 4.67. The molecule has 1 aromatic heterocycles. The predicted octanol–water partition coefficient (Wildman–Crippen LogP) is 1.08. The van der Waals surface area contributed by atoms with Crippen LogP contribution in [0.2, 0.25) is 0 Å². The average molecular weight is 299 g/mol. The van der Waals surface area contributed by atoms with E-state index in [1.165, 1.54) is 11.8 Å². The van der Waals surface area contributed by atoms with Gasteiger partial charge in [0.2, 0.25) is 0 Å². The Bertz CT molecular complexity index is 538. The number of nitrogens with one attached hydrogen (secondary N) is 2. The lowest BCUT2D eigenvalue weighted by atomic mass is 9.97. The van der Waals surface area contributed by atoms with E-state index in [-0.39, 0.29) is 12.5 Å². The molecule has 1 heterocycles. The summed E-state index contributed by atoms with van der Waals surface area (Å²) in [5, 5.41) is 13.3. The fraction of sp³-hybridized carbons (Fsp3) is 0.615. The molecule has 0 fully saturated rings. The Morgan fingerprint density at radius 2 is 2.05 bits per heavy atom. The second kappa shape index (κ2) is 6.90. The van der Waals surface area contributed by atoms with E-state index in [0.717, 1.165) is 0 Å². The molecule has 3 N–H and O–H groups in total. The highest BCUT2D eigenvalue weighted by molar-refractivity contribution is 7.98. The summed E-state index contributed by atoms with van der Waals surface area (Å²) < 4.78 is 0. The number of hydrogen-bond donors (Lipinski definition) is 3. The van der Waals surface area contributed by atoms with E-state index in [0.29, 0.717) is 29.1 Å². The minimum Gasteiger partial charge on any atom is -0.388 e. The van der Waals surface area contributed by atoms with Crippen LogP contribution in [0.1, 0.15) is 42.7 Å². The van der Waals surface area contributed by atoms with Crippen molar-refractivity contribution in [1.29, 1.82) is 0 Å². The average Bonchev–Trinajstić information content (AvgIpc) is 2.43. The number of nitrogens with zero attached hydrogens (tertiary/aromatic N) is 1. The van der Waals surface area contributed by atoms with Crippen LogP contribution in [-0.2, 0) is 0 Å². The number of hydrogen-bond acceptors (Lipinski definition) is 5. The maximum absolute atomic E-state index is 12.2. The monoisotopic (exact) mass is 299 g/mol. The number of thioether (sulfide) groups is 1. The van der Waals surface area contributed by atoms with Gasteiger partial charge in [0.15, 0.2) is 0 Å².